The molecule has 2 rings (SSSR count). The molecular formula is C12H12F3N. The summed E-state index contributed by atoms with van der Waals surface area (Å²) in [5, 5.41) is 0. The van der Waals surface area contributed by atoms with E-state index < -0.39 is 12.2 Å². The standard InChI is InChI=1S/C12H12F3N/c1-8-7-9-5-3-4-6-10(9)11(16(8)2)12(13,14)15/h3-7,11H,1-2H3. The van der Waals surface area contributed by atoms with Crippen molar-refractivity contribution in [1.29, 1.82) is 0 Å². The van der Waals surface area contributed by atoms with Gasteiger partial charge in [-0.25, -0.2) is 0 Å². The van der Waals surface area contributed by atoms with Crippen LogP contribution < -0.4 is 0 Å². The van der Waals surface area contributed by atoms with Crippen LogP contribution in [0.5, 0.6) is 0 Å². The Hall–Kier alpha value is -1.45. The molecule has 1 heterocycles. The lowest BCUT2D eigenvalue weighted by molar-refractivity contribution is -0.178. The number of fused-ring (bicyclic) bond motifs is 1. The second-order valence-electron chi connectivity index (χ2n) is 3.97. The molecule has 0 aromatic heterocycles. The van der Waals surface area contributed by atoms with Crippen LogP contribution in [0.4, 0.5) is 13.2 Å². The van der Waals surface area contributed by atoms with E-state index in [1.807, 2.05) is 0 Å². The number of hydrogen-bond donors (Lipinski definition) is 0. The van der Waals surface area contributed by atoms with Gasteiger partial charge in [0, 0.05) is 12.7 Å². The van der Waals surface area contributed by atoms with Gasteiger partial charge < -0.3 is 4.90 Å². The largest absolute Gasteiger partial charge is 0.412 e. The van der Waals surface area contributed by atoms with Crippen LogP contribution in [0, 0.1) is 0 Å². The maximum Gasteiger partial charge on any atom is 0.412 e. The Morgan fingerprint density at radius 1 is 1.19 bits per heavy atom. The van der Waals surface area contributed by atoms with Gasteiger partial charge in [-0.15, -0.1) is 0 Å². The van der Waals surface area contributed by atoms with Crippen LogP contribution >= 0.6 is 0 Å². The summed E-state index contributed by atoms with van der Waals surface area (Å²) >= 11 is 0. The molecule has 0 fully saturated rings. The third-order valence-corrected chi connectivity index (χ3v) is 2.91. The minimum absolute atomic E-state index is 0.322. The maximum atomic E-state index is 13.0. The van der Waals surface area contributed by atoms with Gasteiger partial charge in [-0.2, -0.15) is 13.2 Å². The molecule has 1 unspecified atom stereocenters. The highest BCUT2D eigenvalue weighted by atomic mass is 19.4. The van der Waals surface area contributed by atoms with Gasteiger partial charge in [0.25, 0.3) is 0 Å². The lowest BCUT2D eigenvalue weighted by atomic mass is 9.94. The Bertz CT molecular complexity index is 434. The highest BCUT2D eigenvalue weighted by molar-refractivity contribution is 5.59. The maximum absolute atomic E-state index is 13.0. The summed E-state index contributed by atoms with van der Waals surface area (Å²) in [4.78, 5) is 1.27. The molecule has 0 bridgehead atoms. The van der Waals surface area contributed by atoms with Crippen molar-refractivity contribution in [2.24, 2.45) is 0 Å². The van der Waals surface area contributed by atoms with Gasteiger partial charge in [0.15, 0.2) is 6.04 Å². The first-order chi connectivity index (χ1) is 7.41. The van der Waals surface area contributed by atoms with E-state index >= 15 is 0 Å². The van der Waals surface area contributed by atoms with E-state index in [0.29, 0.717) is 16.8 Å². The molecule has 1 aliphatic rings. The van der Waals surface area contributed by atoms with Gasteiger partial charge in [-0.1, -0.05) is 24.3 Å². The molecule has 0 aliphatic carbocycles. The summed E-state index contributed by atoms with van der Waals surface area (Å²) in [5.74, 6) is 0. The van der Waals surface area contributed by atoms with Crippen molar-refractivity contribution in [3.05, 3.63) is 41.1 Å². The van der Waals surface area contributed by atoms with E-state index in [4.69, 9.17) is 0 Å². The van der Waals surface area contributed by atoms with E-state index in [2.05, 4.69) is 0 Å². The smallest absolute Gasteiger partial charge is 0.363 e. The number of nitrogens with zero attached hydrogens (tertiary/aromatic N) is 1. The number of halogens is 3. The zero-order chi connectivity index (χ0) is 11.9. The molecule has 4 heteroatoms. The van der Waals surface area contributed by atoms with E-state index in [1.54, 1.807) is 31.2 Å². The highest BCUT2D eigenvalue weighted by Crippen LogP contribution is 2.43. The van der Waals surface area contributed by atoms with Gasteiger partial charge in [-0.3, -0.25) is 0 Å². The van der Waals surface area contributed by atoms with Crippen molar-refractivity contribution >= 4 is 6.08 Å². The molecule has 0 radical (unpaired) electrons. The van der Waals surface area contributed by atoms with Crippen LogP contribution in [0.1, 0.15) is 24.1 Å². The predicted octanol–water partition coefficient (Wildman–Crippen LogP) is 3.60. The van der Waals surface area contributed by atoms with Crippen molar-refractivity contribution < 1.29 is 13.2 Å². The van der Waals surface area contributed by atoms with Crippen LogP contribution in [-0.2, 0) is 0 Å². The zero-order valence-electron chi connectivity index (χ0n) is 9.05. The van der Waals surface area contributed by atoms with E-state index in [9.17, 15) is 13.2 Å². The Morgan fingerprint density at radius 3 is 2.44 bits per heavy atom. The summed E-state index contributed by atoms with van der Waals surface area (Å²) in [7, 11) is 1.47. The van der Waals surface area contributed by atoms with Gasteiger partial charge in [0.1, 0.15) is 0 Å². The molecule has 0 saturated carbocycles. The monoisotopic (exact) mass is 227 g/mol. The molecule has 1 atom stereocenters. The number of alkyl halides is 3. The van der Waals surface area contributed by atoms with Gasteiger partial charge in [0.05, 0.1) is 0 Å². The lowest BCUT2D eigenvalue weighted by Crippen LogP contribution is -2.37. The normalized spacial score (nSPS) is 20.4. The number of rotatable bonds is 0. The van der Waals surface area contributed by atoms with E-state index in [1.165, 1.54) is 18.0 Å². The van der Waals surface area contributed by atoms with Crippen molar-refractivity contribution in [3.8, 4) is 0 Å². The first-order valence-corrected chi connectivity index (χ1v) is 4.98. The first kappa shape index (κ1) is 11.0. The molecule has 16 heavy (non-hydrogen) atoms. The second-order valence-corrected chi connectivity index (χ2v) is 3.97. The molecule has 0 amide bonds. The van der Waals surface area contributed by atoms with Gasteiger partial charge >= 0.3 is 6.18 Å². The van der Waals surface area contributed by atoms with E-state index in [-0.39, 0.29) is 0 Å². The third kappa shape index (κ3) is 1.68. The molecule has 1 nitrogen and oxygen atoms in total. The summed E-state index contributed by atoms with van der Waals surface area (Å²) in [6, 6.07) is 5.10. The van der Waals surface area contributed by atoms with Crippen molar-refractivity contribution in [1.82, 2.24) is 4.90 Å². The molecular weight excluding hydrogens is 215 g/mol. The van der Waals surface area contributed by atoms with Crippen LogP contribution in [0.25, 0.3) is 6.08 Å². The second kappa shape index (κ2) is 3.54. The molecule has 1 aromatic carbocycles. The van der Waals surface area contributed by atoms with Gasteiger partial charge in [0.2, 0.25) is 0 Å². The van der Waals surface area contributed by atoms with Crippen LogP contribution in [-0.4, -0.2) is 18.1 Å². The molecule has 1 aromatic rings. The average Bonchev–Trinajstić information content (AvgIpc) is 2.17. The van der Waals surface area contributed by atoms with Crippen molar-refractivity contribution in [2.75, 3.05) is 7.05 Å². The van der Waals surface area contributed by atoms with Crippen LogP contribution in [0.3, 0.4) is 0 Å². The fourth-order valence-electron chi connectivity index (χ4n) is 2.03. The topological polar surface area (TPSA) is 3.24 Å². The average molecular weight is 227 g/mol. The Kier molecular flexibility index (Phi) is 2.45. The molecule has 0 spiro atoms. The minimum atomic E-state index is -4.25. The summed E-state index contributed by atoms with van der Waals surface area (Å²) in [6.45, 7) is 1.69. The lowest BCUT2D eigenvalue weighted by Gasteiger charge is -2.36. The third-order valence-electron chi connectivity index (χ3n) is 2.91. The summed E-state index contributed by atoms with van der Waals surface area (Å²) < 4.78 is 38.9. The molecule has 86 valence electrons. The fraction of sp³-hybridized carbons (Fsp3) is 0.333. The fourth-order valence-corrected chi connectivity index (χ4v) is 2.03. The van der Waals surface area contributed by atoms with Crippen LogP contribution in [0.15, 0.2) is 30.0 Å². The molecule has 0 N–H and O–H groups in total. The summed E-state index contributed by atoms with van der Waals surface area (Å²) in [6.07, 6.45) is -2.47. The highest BCUT2D eigenvalue weighted by Gasteiger charge is 2.45. The Morgan fingerprint density at radius 2 is 1.81 bits per heavy atom. The van der Waals surface area contributed by atoms with Crippen molar-refractivity contribution in [3.63, 3.8) is 0 Å². The number of benzene rings is 1. The minimum Gasteiger partial charge on any atom is -0.363 e. The van der Waals surface area contributed by atoms with Crippen molar-refractivity contribution in [2.45, 2.75) is 19.1 Å². The quantitative estimate of drug-likeness (QED) is 0.654. The Balaban J connectivity index is 2.58. The predicted molar refractivity (Wildman–Crippen MR) is 56.7 cm³/mol. The number of hydrogen-bond acceptors (Lipinski definition) is 1. The molecule has 1 aliphatic heterocycles. The first-order valence-electron chi connectivity index (χ1n) is 4.98. The molecule has 0 saturated heterocycles. The van der Waals surface area contributed by atoms with Crippen LogP contribution in [0.2, 0.25) is 0 Å². The zero-order valence-corrected chi connectivity index (χ0v) is 9.05. The van der Waals surface area contributed by atoms with E-state index in [0.717, 1.165) is 0 Å². The number of allylic oxidation sites excluding steroid dienone is 1. The summed E-state index contributed by atoms with van der Waals surface area (Å²) in [5.41, 5.74) is 1.60. The SMILES string of the molecule is CC1=Cc2ccccc2C(C(F)(F)F)N1C. The Labute approximate surface area is 92.2 Å². The van der Waals surface area contributed by atoms with Gasteiger partial charge in [-0.05, 0) is 24.1 Å².